The number of hydrogen-bond donors (Lipinski definition) is 1. The molecule has 0 atom stereocenters. The summed E-state index contributed by atoms with van der Waals surface area (Å²) in [6.07, 6.45) is 1.78. The molecule has 0 unspecified atom stereocenters. The highest BCUT2D eigenvalue weighted by atomic mass is 32.1. The van der Waals surface area contributed by atoms with Crippen molar-refractivity contribution in [2.45, 2.75) is 46.0 Å². The van der Waals surface area contributed by atoms with Crippen molar-refractivity contribution in [2.75, 3.05) is 11.9 Å². The van der Waals surface area contributed by atoms with Crippen molar-refractivity contribution < 1.29 is 14.3 Å². The third kappa shape index (κ3) is 5.54. The predicted molar refractivity (Wildman–Crippen MR) is 143 cm³/mol. The van der Waals surface area contributed by atoms with Crippen LogP contribution in [0.15, 0.2) is 64.8 Å². The summed E-state index contributed by atoms with van der Waals surface area (Å²) in [5, 5.41) is 9.94. The molecule has 7 nitrogen and oxygen atoms in total. The van der Waals surface area contributed by atoms with Gasteiger partial charge in [-0.1, -0.05) is 56.3 Å². The van der Waals surface area contributed by atoms with Gasteiger partial charge in [-0.2, -0.15) is 9.78 Å². The lowest BCUT2D eigenvalue weighted by atomic mass is 10.0. The Morgan fingerprint density at radius 1 is 1.08 bits per heavy atom. The number of anilines is 1. The molecule has 8 heteroatoms. The number of aryl methyl sites for hydroxylation is 1. The van der Waals surface area contributed by atoms with E-state index in [4.69, 9.17) is 4.74 Å². The van der Waals surface area contributed by atoms with Crippen molar-refractivity contribution in [1.29, 1.82) is 0 Å². The summed E-state index contributed by atoms with van der Waals surface area (Å²) in [5.41, 5.74) is 2.46. The zero-order valence-electron chi connectivity index (χ0n) is 20.6. The quantitative estimate of drug-likeness (QED) is 0.296. The van der Waals surface area contributed by atoms with Crippen LogP contribution in [0.4, 0.5) is 5.00 Å². The van der Waals surface area contributed by atoms with Gasteiger partial charge in [-0.3, -0.25) is 9.59 Å². The Morgan fingerprint density at radius 3 is 2.47 bits per heavy atom. The molecule has 0 saturated carbocycles. The van der Waals surface area contributed by atoms with Crippen LogP contribution in [-0.2, 0) is 16.0 Å². The molecule has 4 rings (SSSR count). The number of fused-ring (bicyclic) bond motifs is 1. The van der Waals surface area contributed by atoms with Gasteiger partial charge in [-0.15, -0.1) is 11.3 Å². The predicted octanol–water partition coefficient (Wildman–Crippen LogP) is 5.71. The molecule has 0 fully saturated rings. The molecule has 36 heavy (non-hydrogen) atoms. The summed E-state index contributed by atoms with van der Waals surface area (Å²) >= 11 is 1.20. The Hall–Kier alpha value is -3.78. The Morgan fingerprint density at radius 2 is 1.81 bits per heavy atom. The van der Waals surface area contributed by atoms with E-state index < -0.39 is 11.5 Å². The number of hydrogen-bond acceptors (Lipinski definition) is 6. The van der Waals surface area contributed by atoms with E-state index in [2.05, 4.69) is 24.3 Å². The molecule has 0 aliphatic carbocycles. The van der Waals surface area contributed by atoms with Gasteiger partial charge in [-0.25, -0.2) is 4.79 Å². The molecular weight excluding hydrogens is 474 g/mol. The monoisotopic (exact) mass is 503 g/mol. The molecule has 4 aromatic rings. The number of aromatic nitrogens is 2. The summed E-state index contributed by atoms with van der Waals surface area (Å²) in [7, 11) is 0. The van der Waals surface area contributed by atoms with Gasteiger partial charge in [-0.05, 0) is 48.9 Å². The van der Waals surface area contributed by atoms with E-state index in [0.717, 1.165) is 12.0 Å². The van der Waals surface area contributed by atoms with Crippen LogP contribution in [0, 0.1) is 0 Å². The first kappa shape index (κ1) is 25.3. The molecule has 0 aliphatic heterocycles. The van der Waals surface area contributed by atoms with Crippen LogP contribution < -0.4 is 10.9 Å². The summed E-state index contributed by atoms with van der Waals surface area (Å²) < 4.78 is 6.41. The molecule has 2 heterocycles. The van der Waals surface area contributed by atoms with Crippen molar-refractivity contribution >= 4 is 39.0 Å². The summed E-state index contributed by atoms with van der Waals surface area (Å²) in [6.45, 7) is 6.07. The number of esters is 1. The minimum absolute atomic E-state index is 0.0419. The van der Waals surface area contributed by atoms with Crippen LogP contribution in [-0.4, -0.2) is 28.3 Å². The van der Waals surface area contributed by atoms with E-state index in [0.29, 0.717) is 34.8 Å². The Labute approximate surface area is 213 Å². The van der Waals surface area contributed by atoms with Crippen LogP contribution >= 0.6 is 11.3 Å². The lowest BCUT2D eigenvalue weighted by Gasteiger charge is -2.11. The maximum Gasteiger partial charge on any atom is 0.359 e. The number of nitrogens with zero attached hydrogens (tertiary/aromatic N) is 2. The van der Waals surface area contributed by atoms with Gasteiger partial charge in [0.15, 0.2) is 5.69 Å². The number of carbonyl (C=O) groups excluding carboxylic acids is 2. The molecule has 0 spiro atoms. The molecule has 186 valence electrons. The SMILES string of the molecule is CCOC(=O)c1nn(-c2ccc(C(C)C)cc2)c(=O)c2c(NC(=O)CCCc3ccccc3)scc12. The van der Waals surface area contributed by atoms with E-state index in [1.165, 1.54) is 21.6 Å². The molecule has 2 aromatic heterocycles. The highest BCUT2D eigenvalue weighted by molar-refractivity contribution is 7.16. The van der Waals surface area contributed by atoms with E-state index in [9.17, 15) is 14.4 Å². The van der Waals surface area contributed by atoms with Gasteiger partial charge in [0, 0.05) is 17.2 Å². The first-order valence-electron chi connectivity index (χ1n) is 12.0. The summed E-state index contributed by atoms with van der Waals surface area (Å²) in [4.78, 5) is 39.0. The number of thiophene rings is 1. The average molecular weight is 504 g/mol. The smallest absolute Gasteiger partial charge is 0.359 e. The largest absolute Gasteiger partial charge is 0.461 e. The zero-order valence-corrected chi connectivity index (χ0v) is 21.4. The fraction of sp³-hybridized carbons (Fsp3) is 0.286. The molecular formula is C28H29N3O4S. The number of amides is 1. The topological polar surface area (TPSA) is 90.3 Å². The number of carbonyl (C=O) groups is 2. The lowest BCUT2D eigenvalue weighted by Crippen LogP contribution is -2.25. The average Bonchev–Trinajstić information content (AvgIpc) is 3.29. The van der Waals surface area contributed by atoms with Crippen LogP contribution in [0.1, 0.15) is 61.1 Å². The standard InChI is InChI=1S/C28H29N3O4S/c1-4-35-28(34)25-22-17-36-26(29-23(32)12-8-11-19-9-6-5-7-10-19)24(22)27(33)31(30-25)21-15-13-20(14-16-21)18(2)3/h5-7,9-10,13-18H,4,8,11-12H2,1-3H3,(H,29,32). The zero-order chi connectivity index (χ0) is 25.7. The van der Waals surface area contributed by atoms with Gasteiger partial charge in [0.25, 0.3) is 5.56 Å². The van der Waals surface area contributed by atoms with E-state index in [1.54, 1.807) is 24.4 Å². The molecule has 1 amide bonds. The Balaban J connectivity index is 1.67. The van der Waals surface area contributed by atoms with Crippen LogP contribution in [0.2, 0.25) is 0 Å². The molecule has 2 aromatic carbocycles. The van der Waals surface area contributed by atoms with Crippen molar-refractivity contribution in [3.63, 3.8) is 0 Å². The van der Waals surface area contributed by atoms with E-state index in [1.807, 2.05) is 42.5 Å². The molecule has 0 bridgehead atoms. The summed E-state index contributed by atoms with van der Waals surface area (Å²) in [6, 6.07) is 17.5. The van der Waals surface area contributed by atoms with Gasteiger partial charge in [0.05, 0.1) is 17.7 Å². The molecule has 0 radical (unpaired) electrons. The van der Waals surface area contributed by atoms with Crippen molar-refractivity contribution in [3.8, 4) is 5.69 Å². The molecule has 1 N–H and O–H groups in total. The summed E-state index contributed by atoms with van der Waals surface area (Å²) in [5.74, 6) is -0.466. The van der Waals surface area contributed by atoms with Crippen LogP contribution in [0.5, 0.6) is 0 Å². The second kappa shape index (κ2) is 11.3. The number of rotatable bonds is 9. The van der Waals surface area contributed by atoms with Crippen LogP contribution in [0.25, 0.3) is 16.5 Å². The number of ether oxygens (including phenoxy) is 1. The highest BCUT2D eigenvalue weighted by Gasteiger charge is 2.23. The minimum Gasteiger partial charge on any atom is -0.461 e. The highest BCUT2D eigenvalue weighted by Crippen LogP contribution is 2.31. The van der Waals surface area contributed by atoms with Crippen LogP contribution in [0.3, 0.4) is 0 Å². The maximum atomic E-state index is 13.5. The third-order valence-corrected chi connectivity index (χ3v) is 6.79. The lowest BCUT2D eigenvalue weighted by molar-refractivity contribution is -0.116. The van der Waals surface area contributed by atoms with Crippen molar-refractivity contribution in [3.05, 3.63) is 87.2 Å². The number of benzene rings is 2. The Kier molecular flexibility index (Phi) is 7.95. The molecule has 0 saturated heterocycles. The first-order chi connectivity index (χ1) is 17.4. The molecule has 0 aliphatic rings. The van der Waals surface area contributed by atoms with E-state index in [-0.39, 0.29) is 23.6 Å². The van der Waals surface area contributed by atoms with Gasteiger partial charge >= 0.3 is 5.97 Å². The fourth-order valence-corrected chi connectivity index (χ4v) is 4.91. The van der Waals surface area contributed by atoms with Gasteiger partial charge in [0.1, 0.15) is 5.00 Å². The second-order valence-electron chi connectivity index (χ2n) is 8.77. The third-order valence-electron chi connectivity index (χ3n) is 5.89. The maximum absolute atomic E-state index is 13.5. The van der Waals surface area contributed by atoms with Gasteiger partial charge < -0.3 is 10.1 Å². The van der Waals surface area contributed by atoms with Crippen molar-refractivity contribution in [1.82, 2.24) is 9.78 Å². The van der Waals surface area contributed by atoms with E-state index >= 15 is 0 Å². The Bertz CT molecular complexity index is 1420. The normalized spacial score (nSPS) is 11.1. The number of nitrogens with one attached hydrogen (secondary N) is 1. The first-order valence-corrected chi connectivity index (χ1v) is 12.9. The van der Waals surface area contributed by atoms with Crippen molar-refractivity contribution in [2.24, 2.45) is 0 Å². The minimum atomic E-state index is -0.617. The fourth-order valence-electron chi connectivity index (χ4n) is 3.95. The second-order valence-corrected chi connectivity index (χ2v) is 9.65. The van der Waals surface area contributed by atoms with Gasteiger partial charge in [0.2, 0.25) is 5.91 Å².